The lowest BCUT2D eigenvalue weighted by Gasteiger charge is -2.21. The Kier molecular flexibility index (Phi) is 3.80. The van der Waals surface area contributed by atoms with Crippen LogP contribution in [-0.4, -0.2) is 11.0 Å². The molecular formula is C12H9Cl2NO2S. The summed E-state index contributed by atoms with van der Waals surface area (Å²) in [6.45, 7) is 1.44. The van der Waals surface area contributed by atoms with Gasteiger partial charge in [-0.3, -0.25) is 9.69 Å². The van der Waals surface area contributed by atoms with Crippen molar-refractivity contribution in [2.45, 2.75) is 6.92 Å². The Balaban J connectivity index is 2.58. The molecule has 0 saturated heterocycles. The first kappa shape index (κ1) is 13.2. The molecule has 2 aromatic rings. The molecule has 18 heavy (non-hydrogen) atoms. The minimum atomic E-state index is -0.183. The number of amides is 1. The molecule has 0 aliphatic carbocycles. The fraction of sp³-hybridized carbons (Fsp3) is 0.0833. The van der Waals surface area contributed by atoms with E-state index in [0.29, 0.717) is 5.69 Å². The van der Waals surface area contributed by atoms with E-state index in [9.17, 15) is 9.90 Å². The third-order valence-corrected chi connectivity index (χ3v) is 3.89. The number of carbonyl (C=O) groups excluding carboxylic acids is 1. The topological polar surface area (TPSA) is 40.5 Å². The summed E-state index contributed by atoms with van der Waals surface area (Å²) in [6, 6.07) is 4.78. The molecule has 0 aliphatic rings. The highest BCUT2D eigenvalue weighted by atomic mass is 35.5. The molecule has 94 valence electrons. The summed E-state index contributed by atoms with van der Waals surface area (Å²) in [4.78, 5) is 13.2. The van der Waals surface area contributed by atoms with Crippen LogP contribution in [0.15, 0.2) is 29.0 Å². The summed E-state index contributed by atoms with van der Waals surface area (Å²) in [5.74, 6) is -0.295. The van der Waals surface area contributed by atoms with Gasteiger partial charge < -0.3 is 5.11 Å². The summed E-state index contributed by atoms with van der Waals surface area (Å²) < 4.78 is 0. The lowest BCUT2D eigenvalue weighted by molar-refractivity contribution is -0.115. The minimum Gasteiger partial charge on any atom is -0.506 e. The van der Waals surface area contributed by atoms with Crippen LogP contribution in [0.2, 0.25) is 10.0 Å². The second-order valence-corrected chi connectivity index (χ2v) is 5.10. The van der Waals surface area contributed by atoms with E-state index in [1.165, 1.54) is 29.2 Å². The van der Waals surface area contributed by atoms with Crippen LogP contribution in [0.5, 0.6) is 5.75 Å². The molecule has 0 fully saturated rings. The highest BCUT2D eigenvalue weighted by Crippen LogP contribution is 2.41. The monoisotopic (exact) mass is 301 g/mol. The Morgan fingerprint density at radius 3 is 2.56 bits per heavy atom. The summed E-state index contributed by atoms with van der Waals surface area (Å²) in [5, 5.41) is 13.3. The van der Waals surface area contributed by atoms with E-state index in [1.54, 1.807) is 6.07 Å². The molecule has 1 N–H and O–H groups in total. The molecule has 0 spiro atoms. The van der Waals surface area contributed by atoms with Crippen LogP contribution < -0.4 is 4.90 Å². The second-order valence-electron chi connectivity index (χ2n) is 3.57. The summed E-state index contributed by atoms with van der Waals surface area (Å²) >= 11 is 13.4. The van der Waals surface area contributed by atoms with Gasteiger partial charge in [-0.05, 0) is 23.6 Å². The van der Waals surface area contributed by atoms with E-state index in [2.05, 4.69) is 0 Å². The Morgan fingerprint density at radius 1 is 1.28 bits per heavy atom. The van der Waals surface area contributed by atoms with Crippen LogP contribution >= 0.6 is 34.5 Å². The highest BCUT2D eigenvalue weighted by Gasteiger charge is 2.20. The van der Waals surface area contributed by atoms with Crippen molar-refractivity contribution in [2.75, 3.05) is 4.90 Å². The van der Waals surface area contributed by atoms with Crippen molar-refractivity contribution in [1.82, 2.24) is 0 Å². The third-order valence-electron chi connectivity index (χ3n) is 2.36. The predicted octanol–water partition coefficient (Wildman–Crippen LogP) is 4.45. The van der Waals surface area contributed by atoms with Gasteiger partial charge in [0, 0.05) is 12.3 Å². The Labute approximate surface area is 118 Å². The maximum Gasteiger partial charge on any atom is 0.228 e. The number of hydrogen-bond donors (Lipinski definition) is 1. The second kappa shape index (κ2) is 5.18. The molecule has 3 nitrogen and oxygen atoms in total. The fourth-order valence-electron chi connectivity index (χ4n) is 1.58. The van der Waals surface area contributed by atoms with Gasteiger partial charge in [0.2, 0.25) is 5.91 Å². The summed E-state index contributed by atoms with van der Waals surface area (Å²) in [5.41, 5.74) is 1.17. The molecular weight excluding hydrogens is 293 g/mol. The van der Waals surface area contributed by atoms with Crippen LogP contribution in [0.3, 0.4) is 0 Å². The van der Waals surface area contributed by atoms with E-state index in [0.717, 1.165) is 5.69 Å². The molecule has 6 heteroatoms. The Morgan fingerprint density at radius 2 is 2.00 bits per heavy atom. The summed E-state index contributed by atoms with van der Waals surface area (Å²) in [7, 11) is 0. The zero-order valence-electron chi connectivity index (χ0n) is 9.35. The van der Waals surface area contributed by atoms with E-state index in [-0.39, 0.29) is 21.7 Å². The van der Waals surface area contributed by atoms with E-state index in [4.69, 9.17) is 23.2 Å². The van der Waals surface area contributed by atoms with Gasteiger partial charge in [-0.25, -0.2) is 0 Å². The molecule has 0 unspecified atom stereocenters. The number of halogens is 2. The van der Waals surface area contributed by atoms with Crippen molar-refractivity contribution in [3.63, 3.8) is 0 Å². The number of benzene rings is 1. The minimum absolute atomic E-state index is 0.0376. The van der Waals surface area contributed by atoms with Crippen LogP contribution in [0.4, 0.5) is 11.4 Å². The van der Waals surface area contributed by atoms with Gasteiger partial charge in [0.25, 0.3) is 0 Å². The van der Waals surface area contributed by atoms with Crippen LogP contribution in [0, 0.1) is 0 Å². The molecule has 1 aromatic heterocycles. The Hall–Kier alpha value is -1.23. The first-order valence-electron chi connectivity index (χ1n) is 5.02. The number of rotatable bonds is 2. The average Bonchev–Trinajstić information content (AvgIpc) is 2.83. The fourth-order valence-corrected chi connectivity index (χ4v) is 2.60. The zero-order chi connectivity index (χ0) is 13.3. The van der Waals surface area contributed by atoms with Crippen LogP contribution in [0.25, 0.3) is 0 Å². The van der Waals surface area contributed by atoms with Gasteiger partial charge in [-0.1, -0.05) is 23.2 Å². The van der Waals surface area contributed by atoms with Gasteiger partial charge in [0.1, 0.15) is 10.8 Å². The lowest BCUT2D eigenvalue weighted by Crippen LogP contribution is -2.22. The first-order chi connectivity index (χ1) is 8.52. The van der Waals surface area contributed by atoms with E-state index in [1.807, 2.05) is 16.8 Å². The first-order valence-corrected chi connectivity index (χ1v) is 6.72. The molecule has 0 radical (unpaired) electrons. The van der Waals surface area contributed by atoms with Crippen LogP contribution in [-0.2, 0) is 4.79 Å². The largest absolute Gasteiger partial charge is 0.506 e. The molecule has 0 aliphatic heterocycles. The number of thiophene rings is 1. The van der Waals surface area contributed by atoms with Gasteiger partial charge in [-0.15, -0.1) is 0 Å². The molecule has 0 saturated carbocycles. The molecule has 1 amide bonds. The standard InChI is InChI=1S/C12H9Cl2NO2S/c1-7(16)15(8-4-5-18-6-8)9-2-3-10(17)12(14)11(9)13/h2-6,17H,1H3. The van der Waals surface area contributed by atoms with Gasteiger partial charge in [0.15, 0.2) is 0 Å². The smallest absolute Gasteiger partial charge is 0.228 e. The lowest BCUT2D eigenvalue weighted by atomic mass is 10.2. The number of anilines is 2. The van der Waals surface area contributed by atoms with Crippen molar-refractivity contribution in [2.24, 2.45) is 0 Å². The number of carbonyl (C=O) groups is 1. The number of hydrogen-bond acceptors (Lipinski definition) is 3. The summed E-state index contributed by atoms with van der Waals surface area (Å²) in [6.07, 6.45) is 0. The molecule has 0 atom stereocenters. The third kappa shape index (κ3) is 2.32. The zero-order valence-corrected chi connectivity index (χ0v) is 11.7. The van der Waals surface area contributed by atoms with Crippen LogP contribution in [0.1, 0.15) is 6.92 Å². The highest BCUT2D eigenvalue weighted by molar-refractivity contribution is 7.08. The quantitative estimate of drug-likeness (QED) is 0.890. The van der Waals surface area contributed by atoms with E-state index >= 15 is 0 Å². The molecule has 0 bridgehead atoms. The van der Waals surface area contributed by atoms with Crippen molar-refractivity contribution in [3.05, 3.63) is 39.0 Å². The van der Waals surface area contributed by atoms with Crippen molar-refractivity contribution in [3.8, 4) is 5.75 Å². The molecule has 2 rings (SSSR count). The van der Waals surface area contributed by atoms with Gasteiger partial charge in [0.05, 0.1) is 16.4 Å². The Bertz CT molecular complexity index is 584. The average molecular weight is 302 g/mol. The number of phenols is 1. The van der Waals surface area contributed by atoms with Crippen molar-refractivity contribution < 1.29 is 9.90 Å². The normalized spacial score (nSPS) is 10.4. The molecule has 1 aromatic carbocycles. The maximum absolute atomic E-state index is 11.8. The molecule has 1 heterocycles. The predicted molar refractivity (Wildman–Crippen MR) is 75.3 cm³/mol. The van der Waals surface area contributed by atoms with Gasteiger partial charge in [-0.2, -0.15) is 11.3 Å². The van der Waals surface area contributed by atoms with Crippen molar-refractivity contribution >= 4 is 51.8 Å². The van der Waals surface area contributed by atoms with E-state index < -0.39 is 0 Å². The number of aromatic hydroxyl groups is 1. The maximum atomic E-state index is 11.8. The number of phenolic OH excluding ortho intramolecular Hbond substituents is 1. The SMILES string of the molecule is CC(=O)N(c1ccsc1)c1ccc(O)c(Cl)c1Cl. The van der Waals surface area contributed by atoms with Gasteiger partial charge >= 0.3 is 0 Å². The van der Waals surface area contributed by atoms with Crippen molar-refractivity contribution in [1.29, 1.82) is 0 Å². The number of nitrogens with zero attached hydrogens (tertiary/aromatic N) is 1.